The zero-order valence-electron chi connectivity index (χ0n) is 9.87. The lowest BCUT2D eigenvalue weighted by atomic mass is 10.2. The summed E-state index contributed by atoms with van der Waals surface area (Å²) in [4.78, 5) is 4.24. The second-order valence-corrected chi connectivity index (χ2v) is 4.08. The van der Waals surface area contributed by atoms with E-state index < -0.39 is 0 Å². The van der Waals surface area contributed by atoms with Crippen molar-refractivity contribution in [1.82, 2.24) is 25.1 Å². The monoisotopic (exact) mass is 237 g/mol. The highest BCUT2D eigenvalue weighted by atomic mass is 16.5. The van der Waals surface area contributed by atoms with Crippen molar-refractivity contribution in [2.24, 2.45) is 0 Å². The summed E-state index contributed by atoms with van der Waals surface area (Å²) in [5.41, 5.74) is 0.750. The highest BCUT2D eigenvalue weighted by molar-refractivity contribution is 4.95. The molecule has 2 heterocycles. The van der Waals surface area contributed by atoms with Crippen LogP contribution in [0.2, 0.25) is 0 Å². The molecule has 7 nitrogen and oxygen atoms in total. The molecule has 0 aliphatic heterocycles. The van der Waals surface area contributed by atoms with Crippen LogP contribution in [0.25, 0.3) is 0 Å². The maximum absolute atomic E-state index is 8.77. The molecule has 7 heteroatoms. The molecule has 0 fully saturated rings. The number of rotatable bonds is 5. The minimum atomic E-state index is 0.0679. The lowest BCUT2D eigenvalue weighted by Crippen LogP contribution is -2.02. The molecule has 0 saturated carbocycles. The van der Waals surface area contributed by atoms with Gasteiger partial charge in [-0.1, -0.05) is 24.2 Å². The second-order valence-electron chi connectivity index (χ2n) is 4.08. The van der Waals surface area contributed by atoms with Crippen molar-refractivity contribution in [2.75, 3.05) is 6.61 Å². The Hall–Kier alpha value is -1.76. The van der Waals surface area contributed by atoms with Crippen LogP contribution in [0.15, 0.2) is 10.7 Å². The van der Waals surface area contributed by atoms with Gasteiger partial charge in [0.15, 0.2) is 5.82 Å². The lowest BCUT2D eigenvalue weighted by Gasteiger charge is -1.93. The Morgan fingerprint density at radius 1 is 1.47 bits per heavy atom. The minimum absolute atomic E-state index is 0.0679. The summed E-state index contributed by atoms with van der Waals surface area (Å²) in [5.74, 6) is 1.42. The van der Waals surface area contributed by atoms with Crippen molar-refractivity contribution >= 4 is 0 Å². The molecule has 2 aromatic rings. The van der Waals surface area contributed by atoms with Gasteiger partial charge in [0, 0.05) is 25.1 Å². The molecule has 0 aliphatic carbocycles. The highest BCUT2D eigenvalue weighted by Gasteiger charge is 2.10. The third kappa shape index (κ3) is 2.88. The van der Waals surface area contributed by atoms with Gasteiger partial charge in [-0.2, -0.15) is 4.98 Å². The summed E-state index contributed by atoms with van der Waals surface area (Å²) in [6, 6.07) is 0. The fraction of sp³-hybridized carbons (Fsp3) is 0.600. The topological polar surface area (TPSA) is 89.9 Å². The summed E-state index contributed by atoms with van der Waals surface area (Å²) in [6.45, 7) is 4.48. The smallest absolute Gasteiger partial charge is 0.229 e. The van der Waals surface area contributed by atoms with E-state index in [2.05, 4.69) is 20.5 Å². The number of aliphatic hydroxyl groups is 1. The van der Waals surface area contributed by atoms with Crippen molar-refractivity contribution in [3.05, 3.63) is 23.6 Å². The van der Waals surface area contributed by atoms with Crippen LogP contribution < -0.4 is 0 Å². The van der Waals surface area contributed by atoms with Crippen LogP contribution in [0, 0.1) is 0 Å². The maximum atomic E-state index is 8.77. The maximum Gasteiger partial charge on any atom is 0.229 e. The first kappa shape index (κ1) is 11.7. The number of aliphatic hydroxyl groups excluding tert-OH is 1. The van der Waals surface area contributed by atoms with E-state index in [9.17, 15) is 0 Å². The molecule has 1 N–H and O–H groups in total. The van der Waals surface area contributed by atoms with Gasteiger partial charge < -0.3 is 9.63 Å². The molecule has 2 aromatic heterocycles. The average molecular weight is 237 g/mol. The van der Waals surface area contributed by atoms with E-state index in [1.807, 2.05) is 13.8 Å². The molecule has 0 aliphatic rings. The van der Waals surface area contributed by atoms with Crippen LogP contribution in [0.5, 0.6) is 0 Å². The first-order chi connectivity index (χ1) is 8.19. The van der Waals surface area contributed by atoms with Gasteiger partial charge in [-0.15, -0.1) is 5.10 Å². The van der Waals surface area contributed by atoms with Crippen LogP contribution in [-0.2, 0) is 13.0 Å². The Balaban J connectivity index is 2.03. The van der Waals surface area contributed by atoms with E-state index in [-0.39, 0.29) is 12.5 Å². The molecule has 0 saturated heterocycles. The highest BCUT2D eigenvalue weighted by Crippen LogP contribution is 2.11. The molecule has 0 unspecified atom stereocenters. The van der Waals surface area contributed by atoms with Crippen LogP contribution in [-0.4, -0.2) is 36.8 Å². The zero-order chi connectivity index (χ0) is 12.3. The molecular formula is C10H15N5O2. The van der Waals surface area contributed by atoms with Gasteiger partial charge >= 0.3 is 0 Å². The summed E-state index contributed by atoms with van der Waals surface area (Å²) >= 11 is 0. The summed E-state index contributed by atoms with van der Waals surface area (Å²) in [6.07, 6.45) is 2.27. The van der Waals surface area contributed by atoms with Gasteiger partial charge in [0.1, 0.15) is 6.54 Å². The van der Waals surface area contributed by atoms with E-state index >= 15 is 0 Å². The fourth-order valence-electron chi connectivity index (χ4n) is 1.36. The zero-order valence-corrected chi connectivity index (χ0v) is 9.87. The Kier molecular flexibility index (Phi) is 3.48. The molecule has 17 heavy (non-hydrogen) atoms. The van der Waals surface area contributed by atoms with Crippen LogP contribution in [0.1, 0.15) is 37.2 Å². The summed E-state index contributed by atoms with van der Waals surface area (Å²) in [5, 5.41) is 20.5. The average Bonchev–Trinajstić information content (AvgIpc) is 2.89. The molecular weight excluding hydrogens is 222 g/mol. The quantitative estimate of drug-likeness (QED) is 0.807. The third-order valence-corrected chi connectivity index (χ3v) is 2.24. The van der Waals surface area contributed by atoms with Crippen LogP contribution in [0.4, 0.5) is 0 Å². The first-order valence-corrected chi connectivity index (χ1v) is 5.51. The van der Waals surface area contributed by atoms with E-state index in [4.69, 9.17) is 9.63 Å². The molecule has 0 atom stereocenters. The van der Waals surface area contributed by atoms with Gasteiger partial charge in [-0.25, -0.2) is 4.68 Å². The minimum Gasteiger partial charge on any atom is -0.396 e. The van der Waals surface area contributed by atoms with Gasteiger partial charge in [0.25, 0.3) is 0 Å². The number of aromatic nitrogens is 5. The van der Waals surface area contributed by atoms with Crippen molar-refractivity contribution in [3.63, 3.8) is 0 Å². The third-order valence-electron chi connectivity index (χ3n) is 2.24. The van der Waals surface area contributed by atoms with E-state index in [0.717, 1.165) is 5.69 Å². The largest absolute Gasteiger partial charge is 0.396 e. The summed E-state index contributed by atoms with van der Waals surface area (Å²) < 4.78 is 6.71. The predicted molar refractivity (Wildman–Crippen MR) is 58.3 cm³/mol. The van der Waals surface area contributed by atoms with Crippen LogP contribution in [0.3, 0.4) is 0 Å². The van der Waals surface area contributed by atoms with Gasteiger partial charge in [-0.3, -0.25) is 0 Å². The standard InChI is InChI=1S/C10H15N5O2/c1-7(2)10-11-9(13-17-10)6-15-5-8(3-4-16)12-14-15/h5,7,16H,3-4,6H2,1-2H3. The Morgan fingerprint density at radius 3 is 2.94 bits per heavy atom. The number of hydrogen-bond acceptors (Lipinski definition) is 6. The van der Waals surface area contributed by atoms with Gasteiger partial charge in [-0.05, 0) is 0 Å². The van der Waals surface area contributed by atoms with Gasteiger partial charge in [0.05, 0.1) is 5.69 Å². The van der Waals surface area contributed by atoms with Gasteiger partial charge in [0.2, 0.25) is 5.89 Å². The van der Waals surface area contributed by atoms with Crippen molar-refractivity contribution < 1.29 is 9.63 Å². The van der Waals surface area contributed by atoms with E-state index in [1.54, 1.807) is 10.9 Å². The second kappa shape index (κ2) is 5.05. The van der Waals surface area contributed by atoms with Crippen molar-refractivity contribution in [2.45, 2.75) is 32.7 Å². The normalized spacial score (nSPS) is 11.3. The summed E-state index contributed by atoms with van der Waals surface area (Å²) in [7, 11) is 0. The molecule has 0 bridgehead atoms. The Labute approximate surface area is 98.5 Å². The molecule has 2 rings (SSSR count). The Bertz CT molecular complexity index is 477. The molecule has 0 spiro atoms. The van der Waals surface area contributed by atoms with E-state index in [1.165, 1.54) is 0 Å². The molecule has 0 amide bonds. The Morgan fingerprint density at radius 2 is 2.29 bits per heavy atom. The van der Waals surface area contributed by atoms with Crippen LogP contribution >= 0.6 is 0 Å². The van der Waals surface area contributed by atoms with Crippen molar-refractivity contribution in [3.8, 4) is 0 Å². The van der Waals surface area contributed by atoms with E-state index in [0.29, 0.717) is 24.7 Å². The first-order valence-electron chi connectivity index (χ1n) is 5.51. The predicted octanol–water partition coefficient (Wildman–Crippen LogP) is 0.368. The fourth-order valence-corrected chi connectivity index (χ4v) is 1.36. The molecule has 0 radical (unpaired) electrons. The number of hydrogen-bond donors (Lipinski definition) is 1. The number of nitrogens with zero attached hydrogens (tertiary/aromatic N) is 5. The lowest BCUT2D eigenvalue weighted by molar-refractivity contribution is 0.298. The molecule has 0 aromatic carbocycles. The SMILES string of the molecule is CC(C)c1nc(Cn2cc(CCO)nn2)no1. The molecule has 92 valence electrons. The van der Waals surface area contributed by atoms with Crippen molar-refractivity contribution in [1.29, 1.82) is 0 Å².